The maximum Gasteiger partial charge on any atom is 0.253 e. The molecular weight excluding hydrogens is 310 g/mol. The molecule has 0 spiro atoms. The van der Waals surface area contributed by atoms with E-state index in [9.17, 15) is 4.79 Å². The largest absolute Gasteiger partial charge is 0.378 e. The van der Waals surface area contributed by atoms with Crippen molar-refractivity contribution in [2.45, 2.75) is 31.7 Å². The van der Waals surface area contributed by atoms with Crippen molar-refractivity contribution in [1.29, 1.82) is 0 Å². The molecule has 3 rings (SSSR count). The van der Waals surface area contributed by atoms with Crippen LogP contribution in [-0.2, 0) is 0 Å². The second-order valence-electron chi connectivity index (χ2n) is 6.86. The zero-order valence-electron chi connectivity index (χ0n) is 14.1. The van der Waals surface area contributed by atoms with E-state index < -0.39 is 0 Å². The molecular formula is C18H28ClN3O. The Labute approximate surface area is 145 Å². The Morgan fingerprint density at radius 3 is 2.52 bits per heavy atom. The number of nitrogens with one attached hydrogen (secondary N) is 1. The lowest BCUT2D eigenvalue weighted by Gasteiger charge is -2.32. The van der Waals surface area contributed by atoms with Crippen LogP contribution in [0.15, 0.2) is 24.3 Å². The molecule has 0 unspecified atom stereocenters. The predicted octanol–water partition coefficient (Wildman–Crippen LogP) is 2.78. The van der Waals surface area contributed by atoms with Crippen molar-refractivity contribution in [2.75, 3.05) is 38.6 Å². The Hall–Kier alpha value is -1.26. The number of carbonyl (C=O) groups excluding carboxylic acids is 1. The molecule has 2 aliphatic rings. The second kappa shape index (κ2) is 8.02. The van der Waals surface area contributed by atoms with Crippen molar-refractivity contribution < 1.29 is 4.79 Å². The fourth-order valence-electron chi connectivity index (χ4n) is 3.04. The van der Waals surface area contributed by atoms with Gasteiger partial charge in [-0.3, -0.25) is 4.79 Å². The third-order valence-corrected chi connectivity index (χ3v) is 4.78. The molecule has 2 fully saturated rings. The van der Waals surface area contributed by atoms with Crippen LogP contribution in [0.5, 0.6) is 0 Å². The van der Waals surface area contributed by atoms with Crippen LogP contribution in [0.1, 0.15) is 36.0 Å². The molecule has 0 bridgehead atoms. The highest BCUT2D eigenvalue weighted by atomic mass is 35.5. The molecule has 1 N–H and O–H groups in total. The smallest absolute Gasteiger partial charge is 0.253 e. The van der Waals surface area contributed by atoms with E-state index in [2.05, 4.69) is 5.32 Å². The minimum Gasteiger partial charge on any atom is -0.378 e. The molecule has 23 heavy (non-hydrogen) atoms. The fraction of sp³-hybridized carbons (Fsp3) is 0.611. The minimum atomic E-state index is 0. The van der Waals surface area contributed by atoms with Gasteiger partial charge in [0, 0.05) is 44.5 Å². The summed E-state index contributed by atoms with van der Waals surface area (Å²) in [5.74, 6) is 1.10. The van der Waals surface area contributed by atoms with E-state index in [1.54, 1.807) is 0 Å². The second-order valence-corrected chi connectivity index (χ2v) is 6.86. The molecule has 1 aliphatic carbocycles. The van der Waals surface area contributed by atoms with Crippen molar-refractivity contribution >= 4 is 24.0 Å². The summed E-state index contributed by atoms with van der Waals surface area (Å²) in [6.45, 7) is 2.91. The van der Waals surface area contributed by atoms with E-state index in [-0.39, 0.29) is 18.3 Å². The van der Waals surface area contributed by atoms with Gasteiger partial charge in [-0.2, -0.15) is 0 Å². The molecule has 0 aromatic heterocycles. The number of piperidine rings is 1. The van der Waals surface area contributed by atoms with E-state index in [0.717, 1.165) is 43.1 Å². The number of likely N-dealkylation sites (tertiary alicyclic amines) is 1. The third-order valence-electron chi connectivity index (χ3n) is 4.78. The van der Waals surface area contributed by atoms with Gasteiger partial charge in [-0.05, 0) is 56.3 Å². The van der Waals surface area contributed by atoms with Crippen molar-refractivity contribution in [2.24, 2.45) is 5.92 Å². The Kier molecular flexibility index (Phi) is 6.31. The van der Waals surface area contributed by atoms with Crippen LogP contribution < -0.4 is 10.2 Å². The number of benzene rings is 1. The Balaban J connectivity index is 0.00000192. The third kappa shape index (κ3) is 4.85. The number of anilines is 1. The standard InChI is InChI=1S/C18H27N3O.ClH/c1-20(2)17-5-3-4-15(12-17)18(22)21-10-8-16(9-11-21)19-13-14-6-7-14;/h3-5,12,14,16,19H,6-11,13H2,1-2H3;1H. The number of halogens is 1. The maximum absolute atomic E-state index is 12.6. The quantitative estimate of drug-likeness (QED) is 0.897. The van der Waals surface area contributed by atoms with Crippen LogP contribution in [0, 0.1) is 5.92 Å². The molecule has 4 nitrogen and oxygen atoms in total. The first-order valence-electron chi connectivity index (χ1n) is 8.43. The lowest BCUT2D eigenvalue weighted by atomic mass is 10.0. The normalized spacial score (nSPS) is 18.4. The van der Waals surface area contributed by atoms with E-state index in [0.29, 0.717) is 6.04 Å². The summed E-state index contributed by atoms with van der Waals surface area (Å²) in [5.41, 5.74) is 1.88. The van der Waals surface area contributed by atoms with Gasteiger partial charge in [0.25, 0.3) is 5.91 Å². The molecule has 0 radical (unpaired) electrons. The molecule has 1 aromatic rings. The van der Waals surface area contributed by atoms with E-state index in [1.807, 2.05) is 48.2 Å². The zero-order valence-corrected chi connectivity index (χ0v) is 14.9. The summed E-state index contributed by atoms with van der Waals surface area (Å²) in [4.78, 5) is 16.7. The van der Waals surface area contributed by atoms with E-state index >= 15 is 0 Å². The summed E-state index contributed by atoms with van der Waals surface area (Å²) in [7, 11) is 4.00. The Morgan fingerprint density at radius 1 is 1.22 bits per heavy atom. The molecule has 1 heterocycles. The van der Waals surface area contributed by atoms with Gasteiger partial charge in [-0.1, -0.05) is 6.07 Å². The Bertz CT molecular complexity index is 523. The van der Waals surface area contributed by atoms with Crippen LogP contribution in [-0.4, -0.2) is 50.6 Å². The highest BCUT2D eigenvalue weighted by molar-refractivity contribution is 5.95. The van der Waals surface area contributed by atoms with Crippen LogP contribution in [0.4, 0.5) is 5.69 Å². The topological polar surface area (TPSA) is 35.6 Å². The van der Waals surface area contributed by atoms with Gasteiger partial charge in [0.15, 0.2) is 0 Å². The van der Waals surface area contributed by atoms with Gasteiger partial charge >= 0.3 is 0 Å². The SMILES string of the molecule is CN(C)c1cccc(C(=O)N2CCC(NCC3CC3)CC2)c1.Cl. The van der Waals surface area contributed by atoms with Gasteiger partial charge < -0.3 is 15.1 Å². The van der Waals surface area contributed by atoms with Gasteiger partial charge in [0.1, 0.15) is 0 Å². The minimum absolute atomic E-state index is 0. The first kappa shape index (κ1) is 18.1. The van der Waals surface area contributed by atoms with Crippen LogP contribution >= 0.6 is 12.4 Å². The van der Waals surface area contributed by atoms with E-state index in [1.165, 1.54) is 19.4 Å². The van der Waals surface area contributed by atoms with Crippen LogP contribution in [0.2, 0.25) is 0 Å². The first-order chi connectivity index (χ1) is 10.6. The van der Waals surface area contributed by atoms with Crippen LogP contribution in [0.25, 0.3) is 0 Å². The summed E-state index contributed by atoms with van der Waals surface area (Å²) in [6.07, 6.45) is 4.94. The number of rotatable bonds is 5. The molecule has 1 saturated carbocycles. The van der Waals surface area contributed by atoms with E-state index in [4.69, 9.17) is 0 Å². The highest BCUT2D eigenvalue weighted by Gasteiger charge is 2.26. The van der Waals surface area contributed by atoms with Gasteiger partial charge in [0.05, 0.1) is 0 Å². The number of carbonyl (C=O) groups is 1. The molecule has 1 amide bonds. The molecule has 1 aromatic carbocycles. The average molecular weight is 338 g/mol. The number of nitrogens with zero attached hydrogens (tertiary/aromatic N) is 2. The number of hydrogen-bond donors (Lipinski definition) is 1. The van der Waals surface area contributed by atoms with Crippen molar-refractivity contribution in [3.8, 4) is 0 Å². The Morgan fingerprint density at radius 2 is 1.91 bits per heavy atom. The lowest BCUT2D eigenvalue weighted by Crippen LogP contribution is -2.45. The number of amides is 1. The zero-order chi connectivity index (χ0) is 15.5. The van der Waals surface area contributed by atoms with Crippen molar-refractivity contribution in [3.63, 3.8) is 0 Å². The molecule has 1 saturated heterocycles. The monoisotopic (exact) mass is 337 g/mol. The molecule has 128 valence electrons. The molecule has 1 aliphatic heterocycles. The number of hydrogen-bond acceptors (Lipinski definition) is 3. The lowest BCUT2D eigenvalue weighted by molar-refractivity contribution is 0.0705. The van der Waals surface area contributed by atoms with Gasteiger partial charge in [-0.25, -0.2) is 0 Å². The van der Waals surface area contributed by atoms with Gasteiger partial charge in [0.2, 0.25) is 0 Å². The average Bonchev–Trinajstić information content (AvgIpc) is 3.37. The van der Waals surface area contributed by atoms with Crippen LogP contribution in [0.3, 0.4) is 0 Å². The summed E-state index contributed by atoms with van der Waals surface area (Å²) < 4.78 is 0. The first-order valence-corrected chi connectivity index (χ1v) is 8.43. The predicted molar refractivity (Wildman–Crippen MR) is 97.7 cm³/mol. The fourth-order valence-corrected chi connectivity index (χ4v) is 3.04. The summed E-state index contributed by atoms with van der Waals surface area (Å²) >= 11 is 0. The highest BCUT2D eigenvalue weighted by Crippen LogP contribution is 2.28. The maximum atomic E-state index is 12.6. The molecule has 5 heteroatoms. The van der Waals surface area contributed by atoms with Gasteiger partial charge in [-0.15, -0.1) is 12.4 Å². The van der Waals surface area contributed by atoms with Crippen molar-refractivity contribution in [3.05, 3.63) is 29.8 Å². The molecule has 0 atom stereocenters. The van der Waals surface area contributed by atoms with Crippen molar-refractivity contribution in [1.82, 2.24) is 10.2 Å². The summed E-state index contributed by atoms with van der Waals surface area (Å²) in [5, 5.41) is 3.66. The summed E-state index contributed by atoms with van der Waals surface area (Å²) in [6, 6.07) is 8.50.